The summed E-state index contributed by atoms with van der Waals surface area (Å²) in [5.41, 5.74) is 0.515. The van der Waals surface area contributed by atoms with E-state index in [9.17, 15) is 14.9 Å². The second-order valence-electron chi connectivity index (χ2n) is 4.59. The molecule has 0 aromatic heterocycles. The highest BCUT2D eigenvalue weighted by Crippen LogP contribution is 2.30. The maximum atomic E-state index is 12.0. The van der Waals surface area contributed by atoms with Gasteiger partial charge in [0, 0.05) is 31.4 Å². The summed E-state index contributed by atoms with van der Waals surface area (Å²) in [5.74, 6) is 0.143. The molecule has 0 aliphatic carbocycles. The Labute approximate surface area is 124 Å². The third-order valence-electron chi connectivity index (χ3n) is 3.06. The van der Waals surface area contributed by atoms with Crippen LogP contribution < -0.4 is 10.1 Å². The molecule has 1 aromatic carbocycles. The molecule has 7 heteroatoms. The fraction of sp³-hybridized carbons (Fsp3) is 0.500. The summed E-state index contributed by atoms with van der Waals surface area (Å²) in [6.45, 7) is 6.35. The highest BCUT2D eigenvalue weighted by molar-refractivity contribution is 5.84. The molecule has 1 atom stereocenters. The summed E-state index contributed by atoms with van der Waals surface area (Å²) < 4.78 is 5.27. The molecule has 0 spiro atoms. The van der Waals surface area contributed by atoms with Gasteiger partial charge in [0.2, 0.25) is 5.91 Å². The molecule has 0 radical (unpaired) electrons. The number of amides is 1. The molecule has 0 heterocycles. The predicted molar refractivity (Wildman–Crippen MR) is 80.7 cm³/mol. The minimum atomic E-state index is -0.492. The van der Waals surface area contributed by atoms with E-state index in [1.165, 1.54) is 12.1 Å². The zero-order valence-corrected chi connectivity index (χ0v) is 12.8. The molecule has 1 unspecified atom stereocenters. The molecule has 7 nitrogen and oxygen atoms in total. The van der Waals surface area contributed by atoms with Crippen molar-refractivity contribution in [3.8, 4) is 5.75 Å². The number of nitrogens with zero attached hydrogens (tertiary/aromatic N) is 2. The van der Waals surface area contributed by atoms with Crippen molar-refractivity contribution in [3.63, 3.8) is 0 Å². The van der Waals surface area contributed by atoms with Crippen molar-refractivity contribution in [1.29, 1.82) is 0 Å². The molecule has 1 N–H and O–H groups in total. The molecule has 0 bridgehead atoms. The summed E-state index contributed by atoms with van der Waals surface area (Å²) in [6, 6.07) is 4.05. The van der Waals surface area contributed by atoms with Gasteiger partial charge in [-0.15, -0.1) is 0 Å². The number of anilines is 1. The SMILES string of the molecule is CCOc1cc(NC(C)C(=O)N(C)CC)ccc1[N+](=O)[O-]. The molecule has 1 amide bonds. The normalized spacial score (nSPS) is 11.6. The average Bonchev–Trinajstić information content (AvgIpc) is 2.45. The van der Waals surface area contributed by atoms with Crippen LogP contribution in [0.1, 0.15) is 20.8 Å². The molecule has 1 rings (SSSR count). The number of rotatable bonds is 7. The number of hydrogen-bond donors (Lipinski definition) is 1. The van der Waals surface area contributed by atoms with E-state index in [0.29, 0.717) is 18.8 Å². The van der Waals surface area contributed by atoms with Gasteiger partial charge in [0.05, 0.1) is 11.5 Å². The molecule has 1 aromatic rings. The van der Waals surface area contributed by atoms with Crippen LogP contribution in [-0.2, 0) is 4.79 Å². The topological polar surface area (TPSA) is 84.7 Å². The standard InChI is InChI=1S/C14H21N3O4/c1-5-16(4)14(18)10(3)15-11-7-8-12(17(19)20)13(9-11)21-6-2/h7-10,15H,5-6H2,1-4H3. The third kappa shape index (κ3) is 4.34. The van der Waals surface area contributed by atoms with Crippen LogP contribution in [0.3, 0.4) is 0 Å². The largest absolute Gasteiger partial charge is 0.487 e. The van der Waals surface area contributed by atoms with Crippen LogP contribution in [0.5, 0.6) is 5.75 Å². The van der Waals surface area contributed by atoms with Gasteiger partial charge in [0.25, 0.3) is 0 Å². The summed E-state index contributed by atoms with van der Waals surface area (Å²) >= 11 is 0. The van der Waals surface area contributed by atoms with E-state index in [2.05, 4.69) is 5.32 Å². The van der Waals surface area contributed by atoms with E-state index in [1.807, 2.05) is 6.92 Å². The maximum absolute atomic E-state index is 12.0. The van der Waals surface area contributed by atoms with E-state index in [-0.39, 0.29) is 17.3 Å². The second-order valence-corrected chi connectivity index (χ2v) is 4.59. The quantitative estimate of drug-likeness (QED) is 0.616. The van der Waals surface area contributed by atoms with Crippen LogP contribution >= 0.6 is 0 Å². The van der Waals surface area contributed by atoms with Gasteiger partial charge in [-0.05, 0) is 26.8 Å². The number of carbonyl (C=O) groups is 1. The Morgan fingerprint density at radius 1 is 1.48 bits per heavy atom. The summed E-state index contributed by atoms with van der Waals surface area (Å²) in [7, 11) is 1.72. The Kier molecular flexibility index (Phi) is 5.95. The Bertz CT molecular complexity index is 519. The van der Waals surface area contributed by atoms with Gasteiger partial charge < -0.3 is 15.0 Å². The number of nitro groups is 1. The average molecular weight is 295 g/mol. The van der Waals surface area contributed by atoms with Gasteiger partial charge in [-0.25, -0.2) is 0 Å². The Morgan fingerprint density at radius 3 is 2.67 bits per heavy atom. The Morgan fingerprint density at radius 2 is 2.14 bits per heavy atom. The lowest BCUT2D eigenvalue weighted by Crippen LogP contribution is -2.38. The smallest absolute Gasteiger partial charge is 0.311 e. The van der Waals surface area contributed by atoms with Crippen molar-refractivity contribution in [2.75, 3.05) is 25.5 Å². The summed E-state index contributed by atoms with van der Waals surface area (Å²) in [5, 5.41) is 13.9. The van der Waals surface area contributed by atoms with Crippen molar-refractivity contribution in [2.24, 2.45) is 0 Å². The van der Waals surface area contributed by atoms with Crippen LogP contribution in [-0.4, -0.2) is 42.0 Å². The number of ether oxygens (including phenoxy) is 1. The summed E-state index contributed by atoms with van der Waals surface area (Å²) in [6.07, 6.45) is 0. The second kappa shape index (κ2) is 7.47. The van der Waals surface area contributed by atoms with Crippen LogP contribution in [0.15, 0.2) is 18.2 Å². The van der Waals surface area contributed by atoms with Gasteiger partial charge in [0.15, 0.2) is 5.75 Å². The highest BCUT2D eigenvalue weighted by atomic mass is 16.6. The molecule has 0 saturated heterocycles. The zero-order valence-electron chi connectivity index (χ0n) is 12.8. The number of benzene rings is 1. The molecule has 0 fully saturated rings. The van der Waals surface area contributed by atoms with Crippen molar-refractivity contribution in [1.82, 2.24) is 4.90 Å². The lowest BCUT2D eigenvalue weighted by atomic mass is 10.2. The molecular weight excluding hydrogens is 274 g/mol. The lowest BCUT2D eigenvalue weighted by molar-refractivity contribution is -0.385. The first kappa shape index (κ1) is 16.7. The minimum Gasteiger partial charge on any atom is -0.487 e. The van der Waals surface area contributed by atoms with Gasteiger partial charge in [-0.2, -0.15) is 0 Å². The first-order valence-electron chi connectivity index (χ1n) is 6.83. The molecule has 0 aliphatic rings. The number of carbonyl (C=O) groups excluding carboxylic acids is 1. The van der Waals surface area contributed by atoms with Crippen LogP contribution in [0, 0.1) is 10.1 Å². The van der Waals surface area contributed by atoms with Gasteiger partial charge in [-0.3, -0.25) is 14.9 Å². The van der Waals surface area contributed by atoms with Crippen LogP contribution in [0.4, 0.5) is 11.4 Å². The summed E-state index contributed by atoms with van der Waals surface area (Å²) in [4.78, 5) is 24.0. The van der Waals surface area contributed by atoms with E-state index in [1.54, 1.807) is 31.9 Å². The van der Waals surface area contributed by atoms with Gasteiger partial charge in [-0.1, -0.05) is 0 Å². The molecule has 0 aliphatic heterocycles. The first-order valence-corrected chi connectivity index (χ1v) is 6.83. The first-order chi connectivity index (χ1) is 9.90. The number of likely N-dealkylation sites (N-methyl/N-ethyl adjacent to an activating group) is 1. The molecule has 0 saturated carbocycles. The van der Waals surface area contributed by atoms with E-state index >= 15 is 0 Å². The monoisotopic (exact) mass is 295 g/mol. The highest BCUT2D eigenvalue weighted by Gasteiger charge is 2.19. The van der Waals surface area contributed by atoms with E-state index in [4.69, 9.17) is 4.74 Å². The van der Waals surface area contributed by atoms with E-state index in [0.717, 1.165) is 0 Å². The molecular formula is C14H21N3O4. The fourth-order valence-electron chi connectivity index (χ4n) is 1.82. The minimum absolute atomic E-state index is 0.0474. The van der Waals surface area contributed by atoms with Crippen LogP contribution in [0.2, 0.25) is 0 Å². The lowest BCUT2D eigenvalue weighted by Gasteiger charge is -2.21. The van der Waals surface area contributed by atoms with Crippen molar-refractivity contribution in [3.05, 3.63) is 28.3 Å². The molecule has 21 heavy (non-hydrogen) atoms. The van der Waals surface area contributed by atoms with Gasteiger partial charge >= 0.3 is 5.69 Å². The van der Waals surface area contributed by atoms with Gasteiger partial charge in [0.1, 0.15) is 6.04 Å². The number of nitro benzene ring substituents is 1. The number of hydrogen-bond acceptors (Lipinski definition) is 5. The zero-order chi connectivity index (χ0) is 16.0. The maximum Gasteiger partial charge on any atom is 0.311 e. The van der Waals surface area contributed by atoms with Crippen molar-refractivity contribution in [2.45, 2.75) is 26.8 Å². The van der Waals surface area contributed by atoms with Crippen LogP contribution in [0.25, 0.3) is 0 Å². The van der Waals surface area contributed by atoms with E-state index < -0.39 is 11.0 Å². The number of nitrogens with one attached hydrogen (secondary N) is 1. The third-order valence-corrected chi connectivity index (χ3v) is 3.06. The van der Waals surface area contributed by atoms with Crippen molar-refractivity contribution >= 4 is 17.3 Å². The molecule has 116 valence electrons. The Balaban J connectivity index is 2.92. The predicted octanol–water partition coefficient (Wildman–Crippen LogP) is 2.27. The Hall–Kier alpha value is -2.31. The van der Waals surface area contributed by atoms with Crippen molar-refractivity contribution < 1.29 is 14.5 Å². The fourth-order valence-corrected chi connectivity index (χ4v) is 1.82.